The molecular formula is C21H21ClF3N7O. The number of rotatable bonds is 5. The lowest BCUT2D eigenvalue weighted by atomic mass is 9.90. The van der Waals surface area contributed by atoms with E-state index < -0.39 is 11.9 Å². The van der Waals surface area contributed by atoms with E-state index in [0.29, 0.717) is 29.4 Å². The highest BCUT2D eigenvalue weighted by atomic mass is 35.5. The first-order valence-corrected chi connectivity index (χ1v) is 10.7. The lowest BCUT2D eigenvalue weighted by molar-refractivity contribution is -0.141. The predicted octanol–water partition coefficient (Wildman–Crippen LogP) is 4.08. The number of anilines is 1. The molecule has 0 saturated carbocycles. The normalized spacial score (nSPS) is 18.9. The summed E-state index contributed by atoms with van der Waals surface area (Å²) >= 11 is 6.18. The SMILES string of the molecule is CC1CCCN(C(=O)c2cc(Cl)ccc2-n2nccn2)C1CNc1ccc(C(F)(F)F)nn1. The molecule has 33 heavy (non-hydrogen) atoms. The first-order chi connectivity index (χ1) is 15.7. The van der Waals surface area contributed by atoms with Crippen LogP contribution in [-0.2, 0) is 6.18 Å². The standard InChI is InChI=1S/C21H21ClF3N7O/c1-13-3-2-10-31(17(13)12-26-19-7-6-18(29-30-19)21(23,24)25)20(33)15-11-14(22)4-5-16(15)32-27-8-9-28-32/h4-9,11,13,17H,2-3,10,12H2,1H3,(H,26,30). The maximum absolute atomic E-state index is 13.6. The third-order valence-corrected chi connectivity index (χ3v) is 5.88. The van der Waals surface area contributed by atoms with E-state index in [1.807, 2.05) is 6.92 Å². The van der Waals surface area contributed by atoms with Gasteiger partial charge in [0.2, 0.25) is 0 Å². The summed E-state index contributed by atoms with van der Waals surface area (Å²) in [6.07, 6.45) is 0.232. The van der Waals surface area contributed by atoms with Crippen molar-refractivity contribution in [1.29, 1.82) is 0 Å². The van der Waals surface area contributed by atoms with E-state index in [9.17, 15) is 18.0 Å². The summed E-state index contributed by atoms with van der Waals surface area (Å²) in [5.74, 6) is 0.141. The van der Waals surface area contributed by atoms with Crippen LogP contribution >= 0.6 is 11.6 Å². The van der Waals surface area contributed by atoms with Crippen molar-refractivity contribution >= 4 is 23.3 Å². The molecule has 1 amide bonds. The minimum absolute atomic E-state index is 0.156. The molecule has 174 valence electrons. The molecule has 4 rings (SSSR count). The molecule has 0 spiro atoms. The molecule has 12 heteroatoms. The van der Waals surface area contributed by atoms with Crippen molar-refractivity contribution in [3.63, 3.8) is 0 Å². The van der Waals surface area contributed by atoms with Crippen molar-refractivity contribution in [2.24, 2.45) is 5.92 Å². The monoisotopic (exact) mass is 479 g/mol. The number of hydrogen-bond acceptors (Lipinski definition) is 6. The molecule has 1 aliphatic heterocycles. The Morgan fingerprint density at radius 3 is 2.61 bits per heavy atom. The summed E-state index contributed by atoms with van der Waals surface area (Å²) < 4.78 is 38.2. The van der Waals surface area contributed by atoms with E-state index in [1.165, 1.54) is 23.3 Å². The number of likely N-dealkylation sites (tertiary alicyclic amines) is 1. The molecule has 2 aromatic heterocycles. The zero-order valence-corrected chi connectivity index (χ0v) is 18.4. The van der Waals surface area contributed by atoms with Crippen LogP contribution in [0.3, 0.4) is 0 Å². The van der Waals surface area contributed by atoms with Crippen LogP contribution in [0.2, 0.25) is 5.02 Å². The van der Waals surface area contributed by atoms with Crippen molar-refractivity contribution in [3.05, 3.63) is 59.0 Å². The molecule has 0 radical (unpaired) electrons. The molecule has 1 fully saturated rings. The fraction of sp³-hybridized carbons (Fsp3) is 0.381. The number of aromatic nitrogens is 5. The Kier molecular flexibility index (Phi) is 6.50. The predicted molar refractivity (Wildman–Crippen MR) is 115 cm³/mol. The van der Waals surface area contributed by atoms with E-state index in [0.717, 1.165) is 18.9 Å². The molecule has 1 aliphatic rings. The number of benzene rings is 1. The first-order valence-electron chi connectivity index (χ1n) is 10.4. The first kappa shape index (κ1) is 23.0. The van der Waals surface area contributed by atoms with Gasteiger partial charge in [0, 0.05) is 18.1 Å². The van der Waals surface area contributed by atoms with Crippen LogP contribution in [0.4, 0.5) is 19.0 Å². The van der Waals surface area contributed by atoms with Crippen LogP contribution in [0.25, 0.3) is 5.69 Å². The zero-order valence-electron chi connectivity index (χ0n) is 17.6. The van der Waals surface area contributed by atoms with Crippen LogP contribution in [-0.4, -0.2) is 55.1 Å². The number of halogens is 4. The van der Waals surface area contributed by atoms with Crippen LogP contribution < -0.4 is 5.32 Å². The fourth-order valence-corrected chi connectivity index (χ4v) is 4.12. The molecular weight excluding hydrogens is 459 g/mol. The summed E-state index contributed by atoms with van der Waals surface area (Å²) in [4.78, 5) is 16.7. The average Bonchev–Trinajstić information content (AvgIpc) is 3.32. The number of hydrogen-bond donors (Lipinski definition) is 1. The second-order valence-corrected chi connectivity index (χ2v) is 8.28. The lowest BCUT2D eigenvalue weighted by Crippen LogP contribution is -2.51. The molecule has 0 aliphatic carbocycles. The average molecular weight is 480 g/mol. The lowest BCUT2D eigenvalue weighted by Gasteiger charge is -2.40. The molecule has 0 bridgehead atoms. The summed E-state index contributed by atoms with van der Waals surface area (Å²) in [5, 5.41) is 18.5. The van der Waals surface area contributed by atoms with Crippen molar-refractivity contribution < 1.29 is 18.0 Å². The van der Waals surface area contributed by atoms with Gasteiger partial charge < -0.3 is 10.2 Å². The summed E-state index contributed by atoms with van der Waals surface area (Å²) in [5.41, 5.74) is -0.184. The molecule has 2 unspecified atom stereocenters. The molecule has 1 saturated heterocycles. The van der Waals surface area contributed by atoms with Gasteiger partial charge in [0.15, 0.2) is 5.69 Å². The maximum atomic E-state index is 13.6. The minimum Gasteiger partial charge on any atom is -0.367 e. The van der Waals surface area contributed by atoms with E-state index in [2.05, 4.69) is 25.7 Å². The van der Waals surface area contributed by atoms with Crippen molar-refractivity contribution in [2.45, 2.75) is 32.0 Å². The number of alkyl halides is 3. The third kappa shape index (κ3) is 5.08. The van der Waals surface area contributed by atoms with Gasteiger partial charge in [-0.1, -0.05) is 18.5 Å². The van der Waals surface area contributed by atoms with Gasteiger partial charge in [-0.2, -0.15) is 28.2 Å². The fourth-order valence-electron chi connectivity index (χ4n) is 3.95. The number of piperidine rings is 1. The second-order valence-electron chi connectivity index (χ2n) is 7.85. The van der Waals surface area contributed by atoms with Crippen molar-refractivity contribution in [3.8, 4) is 5.69 Å². The van der Waals surface area contributed by atoms with Gasteiger partial charge in [0.1, 0.15) is 5.82 Å². The highest BCUT2D eigenvalue weighted by molar-refractivity contribution is 6.31. The summed E-state index contributed by atoms with van der Waals surface area (Å²) in [7, 11) is 0. The molecule has 3 aromatic rings. The van der Waals surface area contributed by atoms with Gasteiger partial charge in [-0.3, -0.25) is 4.79 Å². The third-order valence-electron chi connectivity index (χ3n) is 5.65. The van der Waals surface area contributed by atoms with Gasteiger partial charge in [-0.05, 0) is 49.1 Å². The molecule has 1 aromatic carbocycles. The largest absolute Gasteiger partial charge is 0.435 e. The van der Waals surface area contributed by atoms with Gasteiger partial charge in [-0.25, -0.2) is 0 Å². The van der Waals surface area contributed by atoms with E-state index in [4.69, 9.17) is 11.6 Å². The Hall–Kier alpha value is -3.21. The number of carbonyl (C=O) groups excluding carboxylic acids is 1. The quantitative estimate of drug-likeness (QED) is 0.593. The highest BCUT2D eigenvalue weighted by Gasteiger charge is 2.35. The number of amides is 1. The zero-order chi connectivity index (χ0) is 23.6. The van der Waals surface area contributed by atoms with Crippen LogP contribution in [0.1, 0.15) is 35.8 Å². The van der Waals surface area contributed by atoms with E-state index >= 15 is 0 Å². The second kappa shape index (κ2) is 9.34. The van der Waals surface area contributed by atoms with Crippen LogP contribution in [0, 0.1) is 5.92 Å². The molecule has 3 heterocycles. The highest BCUT2D eigenvalue weighted by Crippen LogP contribution is 2.29. The molecule has 2 atom stereocenters. The van der Waals surface area contributed by atoms with Crippen molar-refractivity contribution in [2.75, 3.05) is 18.4 Å². The summed E-state index contributed by atoms with van der Waals surface area (Å²) in [6.45, 7) is 2.88. The van der Waals surface area contributed by atoms with E-state index in [-0.39, 0.29) is 23.7 Å². The van der Waals surface area contributed by atoms with Gasteiger partial charge in [-0.15, -0.1) is 10.2 Å². The van der Waals surface area contributed by atoms with Gasteiger partial charge >= 0.3 is 6.18 Å². The van der Waals surface area contributed by atoms with Crippen molar-refractivity contribution in [1.82, 2.24) is 30.1 Å². The van der Waals surface area contributed by atoms with Crippen LogP contribution in [0.5, 0.6) is 0 Å². The Labute approximate surface area is 192 Å². The van der Waals surface area contributed by atoms with Crippen LogP contribution in [0.15, 0.2) is 42.7 Å². The Bertz CT molecular complexity index is 1110. The molecule has 8 nitrogen and oxygen atoms in total. The minimum atomic E-state index is -4.55. The number of nitrogens with zero attached hydrogens (tertiary/aromatic N) is 6. The molecule has 1 N–H and O–H groups in total. The Balaban J connectivity index is 1.55. The van der Waals surface area contributed by atoms with E-state index in [1.54, 1.807) is 23.1 Å². The Morgan fingerprint density at radius 1 is 1.18 bits per heavy atom. The van der Waals surface area contributed by atoms with Gasteiger partial charge in [0.05, 0.1) is 29.7 Å². The number of nitrogens with one attached hydrogen (secondary N) is 1. The summed E-state index contributed by atoms with van der Waals surface area (Å²) in [6, 6.07) is 6.83. The Morgan fingerprint density at radius 2 is 1.94 bits per heavy atom. The maximum Gasteiger partial charge on any atom is 0.435 e. The topological polar surface area (TPSA) is 88.8 Å². The smallest absolute Gasteiger partial charge is 0.367 e. The number of carbonyl (C=O) groups is 1. The van der Waals surface area contributed by atoms with Gasteiger partial charge in [0.25, 0.3) is 5.91 Å².